The highest BCUT2D eigenvalue weighted by Gasteiger charge is 2.29. The van der Waals surface area contributed by atoms with Crippen molar-refractivity contribution in [2.24, 2.45) is 0 Å². The molecule has 2 fully saturated rings. The van der Waals surface area contributed by atoms with Crippen LogP contribution >= 0.6 is 0 Å². The first-order chi connectivity index (χ1) is 7.29. The van der Waals surface area contributed by atoms with Gasteiger partial charge in [0.15, 0.2) is 0 Å². The largest absolute Gasteiger partial charge is 0.381 e. The molecule has 0 aromatic heterocycles. The summed E-state index contributed by atoms with van der Waals surface area (Å²) in [6.45, 7) is 2.57. The van der Waals surface area contributed by atoms with E-state index in [2.05, 4.69) is 5.32 Å². The number of likely N-dealkylation sites (N-methyl/N-ethyl adjacent to an activating group) is 1. The molecule has 4 nitrogen and oxygen atoms in total. The number of rotatable bonds is 2. The zero-order valence-corrected chi connectivity index (χ0v) is 9.37. The van der Waals surface area contributed by atoms with E-state index < -0.39 is 0 Å². The highest BCUT2D eigenvalue weighted by molar-refractivity contribution is 5.82. The van der Waals surface area contributed by atoms with Gasteiger partial charge < -0.3 is 15.0 Å². The Labute approximate surface area is 91.0 Å². The van der Waals surface area contributed by atoms with Gasteiger partial charge in [-0.1, -0.05) is 0 Å². The van der Waals surface area contributed by atoms with E-state index in [0.717, 1.165) is 45.4 Å². The van der Waals surface area contributed by atoms with Crippen molar-refractivity contribution in [3.05, 3.63) is 0 Å². The smallest absolute Gasteiger partial charge is 0.239 e. The first-order valence-electron chi connectivity index (χ1n) is 5.87. The second kappa shape index (κ2) is 4.94. The molecule has 0 aromatic rings. The lowest BCUT2D eigenvalue weighted by Crippen LogP contribution is -2.48. The van der Waals surface area contributed by atoms with E-state index in [4.69, 9.17) is 4.74 Å². The highest BCUT2D eigenvalue weighted by atomic mass is 16.5. The van der Waals surface area contributed by atoms with E-state index in [9.17, 15) is 4.79 Å². The summed E-state index contributed by atoms with van der Waals surface area (Å²) in [4.78, 5) is 14.0. The molecular weight excluding hydrogens is 192 g/mol. The quantitative estimate of drug-likeness (QED) is 0.719. The van der Waals surface area contributed by atoms with Crippen LogP contribution in [0.15, 0.2) is 0 Å². The third-order valence-electron chi connectivity index (χ3n) is 3.44. The Morgan fingerprint density at radius 2 is 2.07 bits per heavy atom. The van der Waals surface area contributed by atoms with E-state index in [1.54, 1.807) is 0 Å². The lowest BCUT2D eigenvalue weighted by molar-refractivity contribution is -0.135. The summed E-state index contributed by atoms with van der Waals surface area (Å²) in [5, 5.41) is 3.25. The highest BCUT2D eigenvalue weighted by Crippen LogP contribution is 2.16. The fourth-order valence-electron chi connectivity index (χ4n) is 2.39. The fraction of sp³-hybridized carbons (Fsp3) is 0.909. The normalized spacial score (nSPS) is 27.9. The van der Waals surface area contributed by atoms with Crippen molar-refractivity contribution in [1.82, 2.24) is 10.2 Å². The minimum atomic E-state index is 0.0674. The molecule has 1 N–H and O–H groups in total. The van der Waals surface area contributed by atoms with Crippen LogP contribution in [0.25, 0.3) is 0 Å². The average Bonchev–Trinajstić information content (AvgIpc) is 2.82. The molecule has 2 heterocycles. The molecule has 2 aliphatic rings. The van der Waals surface area contributed by atoms with Crippen molar-refractivity contribution < 1.29 is 9.53 Å². The number of hydrogen-bond donors (Lipinski definition) is 1. The summed E-state index contributed by atoms with van der Waals surface area (Å²) >= 11 is 0. The summed E-state index contributed by atoms with van der Waals surface area (Å²) in [6.07, 6.45) is 4.08. The third-order valence-corrected chi connectivity index (χ3v) is 3.44. The van der Waals surface area contributed by atoms with Gasteiger partial charge in [0.05, 0.1) is 6.04 Å². The van der Waals surface area contributed by atoms with Crippen molar-refractivity contribution in [1.29, 1.82) is 0 Å². The van der Waals surface area contributed by atoms with Crippen LogP contribution in [0.2, 0.25) is 0 Å². The molecule has 86 valence electrons. The number of amides is 1. The molecule has 4 heteroatoms. The molecule has 0 radical (unpaired) electrons. The number of carbonyl (C=O) groups excluding carboxylic acids is 1. The predicted octanol–water partition coefficient (Wildman–Crippen LogP) is 0.376. The molecule has 0 spiro atoms. The van der Waals surface area contributed by atoms with E-state index in [1.165, 1.54) is 0 Å². The molecule has 0 saturated carbocycles. The summed E-state index contributed by atoms with van der Waals surface area (Å²) < 4.78 is 5.30. The van der Waals surface area contributed by atoms with Crippen molar-refractivity contribution in [3.63, 3.8) is 0 Å². The Morgan fingerprint density at radius 1 is 1.33 bits per heavy atom. The summed E-state index contributed by atoms with van der Waals surface area (Å²) in [5.74, 6) is 0.263. The van der Waals surface area contributed by atoms with Gasteiger partial charge >= 0.3 is 0 Å². The van der Waals surface area contributed by atoms with Crippen LogP contribution in [0, 0.1) is 0 Å². The van der Waals surface area contributed by atoms with Crippen LogP contribution < -0.4 is 5.32 Å². The van der Waals surface area contributed by atoms with Crippen LogP contribution in [0.3, 0.4) is 0 Å². The third kappa shape index (κ3) is 2.49. The molecular formula is C11H20N2O2. The number of ether oxygens (including phenoxy) is 1. The van der Waals surface area contributed by atoms with E-state index in [0.29, 0.717) is 6.04 Å². The first-order valence-corrected chi connectivity index (χ1v) is 5.87. The van der Waals surface area contributed by atoms with Gasteiger partial charge in [0.1, 0.15) is 0 Å². The Balaban J connectivity index is 1.87. The summed E-state index contributed by atoms with van der Waals surface area (Å²) in [6, 6.07) is 0.450. The molecule has 2 aliphatic heterocycles. The second-order valence-electron chi connectivity index (χ2n) is 4.44. The molecule has 15 heavy (non-hydrogen) atoms. The van der Waals surface area contributed by atoms with Gasteiger partial charge in [-0.05, 0) is 32.2 Å². The minimum Gasteiger partial charge on any atom is -0.381 e. The minimum absolute atomic E-state index is 0.0674. The molecule has 1 atom stereocenters. The first kappa shape index (κ1) is 10.9. The van der Waals surface area contributed by atoms with Crippen molar-refractivity contribution in [2.45, 2.75) is 37.8 Å². The standard InChI is InChI=1S/C11H20N2O2/c1-13(9-4-7-15-8-5-9)11(14)10-3-2-6-12-10/h9-10,12H,2-8H2,1H3/t10-/m0/s1. The monoisotopic (exact) mass is 212 g/mol. The number of nitrogens with one attached hydrogen (secondary N) is 1. The van der Waals surface area contributed by atoms with Gasteiger partial charge in [0.2, 0.25) is 5.91 Å². The van der Waals surface area contributed by atoms with Crippen LogP contribution in [-0.2, 0) is 9.53 Å². The average molecular weight is 212 g/mol. The van der Waals surface area contributed by atoms with Crippen molar-refractivity contribution in [3.8, 4) is 0 Å². The maximum absolute atomic E-state index is 12.1. The molecule has 2 saturated heterocycles. The fourth-order valence-corrected chi connectivity index (χ4v) is 2.39. The van der Waals surface area contributed by atoms with Crippen molar-refractivity contribution in [2.75, 3.05) is 26.8 Å². The predicted molar refractivity (Wildman–Crippen MR) is 57.6 cm³/mol. The van der Waals surface area contributed by atoms with Gasteiger partial charge in [0.25, 0.3) is 0 Å². The van der Waals surface area contributed by atoms with Gasteiger partial charge in [0, 0.05) is 26.3 Å². The molecule has 0 unspecified atom stereocenters. The Kier molecular flexibility index (Phi) is 3.59. The number of hydrogen-bond acceptors (Lipinski definition) is 3. The summed E-state index contributed by atoms with van der Waals surface area (Å²) in [5.41, 5.74) is 0. The van der Waals surface area contributed by atoms with E-state index in [1.807, 2.05) is 11.9 Å². The van der Waals surface area contributed by atoms with E-state index >= 15 is 0 Å². The maximum atomic E-state index is 12.1. The van der Waals surface area contributed by atoms with E-state index in [-0.39, 0.29) is 11.9 Å². The molecule has 2 rings (SSSR count). The second-order valence-corrected chi connectivity index (χ2v) is 4.44. The number of carbonyl (C=O) groups is 1. The Hall–Kier alpha value is -0.610. The molecule has 0 aliphatic carbocycles. The van der Waals surface area contributed by atoms with Crippen LogP contribution in [0.1, 0.15) is 25.7 Å². The Bertz CT molecular complexity index is 221. The lowest BCUT2D eigenvalue weighted by atomic mass is 10.1. The zero-order chi connectivity index (χ0) is 10.7. The topological polar surface area (TPSA) is 41.6 Å². The van der Waals surface area contributed by atoms with Crippen LogP contribution in [0.4, 0.5) is 0 Å². The molecule has 1 amide bonds. The Morgan fingerprint density at radius 3 is 2.67 bits per heavy atom. The SMILES string of the molecule is CN(C(=O)[C@@H]1CCCN1)C1CCOCC1. The van der Waals surface area contributed by atoms with Gasteiger partial charge in [-0.3, -0.25) is 4.79 Å². The van der Waals surface area contributed by atoms with Gasteiger partial charge in [-0.2, -0.15) is 0 Å². The lowest BCUT2D eigenvalue weighted by Gasteiger charge is -2.32. The molecule has 0 bridgehead atoms. The molecule has 0 aromatic carbocycles. The van der Waals surface area contributed by atoms with Crippen LogP contribution in [-0.4, -0.2) is 49.7 Å². The van der Waals surface area contributed by atoms with Gasteiger partial charge in [-0.15, -0.1) is 0 Å². The van der Waals surface area contributed by atoms with Gasteiger partial charge in [-0.25, -0.2) is 0 Å². The maximum Gasteiger partial charge on any atom is 0.239 e. The van der Waals surface area contributed by atoms with Crippen LogP contribution in [0.5, 0.6) is 0 Å². The zero-order valence-electron chi connectivity index (χ0n) is 9.37. The summed E-state index contributed by atoms with van der Waals surface area (Å²) in [7, 11) is 1.93. The van der Waals surface area contributed by atoms with Crippen molar-refractivity contribution >= 4 is 5.91 Å². The number of nitrogens with zero attached hydrogens (tertiary/aromatic N) is 1.